The predicted octanol–water partition coefficient (Wildman–Crippen LogP) is 3.98. The third kappa shape index (κ3) is 5.51. The lowest BCUT2D eigenvalue weighted by molar-refractivity contribution is 0.0752. The van der Waals surface area contributed by atoms with E-state index in [2.05, 4.69) is 10.3 Å². The first kappa shape index (κ1) is 20.3. The maximum atomic E-state index is 12.9. The normalized spacial score (nSPS) is 10.4. The molecule has 3 rings (SSSR count). The highest BCUT2D eigenvalue weighted by Gasteiger charge is 2.17. The molecule has 0 bridgehead atoms. The Kier molecular flexibility index (Phi) is 6.74. The molecule has 2 aromatic carbocycles. The first-order valence-electron chi connectivity index (χ1n) is 9.70. The summed E-state index contributed by atoms with van der Waals surface area (Å²) < 4.78 is 0. The highest BCUT2D eigenvalue weighted by molar-refractivity contribution is 5.98. The molecule has 1 aromatic heterocycles. The summed E-state index contributed by atoms with van der Waals surface area (Å²) in [4.78, 5) is 31.3. The largest absolute Gasteiger partial charge is 0.347 e. The molecule has 0 atom stereocenters. The summed E-state index contributed by atoms with van der Waals surface area (Å²) in [6, 6.07) is 21.0. The van der Waals surface area contributed by atoms with Crippen LogP contribution in [-0.4, -0.2) is 28.2 Å². The van der Waals surface area contributed by atoms with E-state index in [9.17, 15) is 9.59 Å². The monoisotopic (exact) mass is 387 g/mol. The molecule has 5 heteroatoms. The number of aryl methyl sites for hydroxylation is 1. The Morgan fingerprint density at radius 3 is 2.45 bits per heavy atom. The van der Waals surface area contributed by atoms with Crippen LogP contribution in [0.2, 0.25) is 0 Å². The fraction of sp³-hybridized carbons (Fsp3) is 0.208. The molecule has 5 nitrogen and oxygen atoms in total. The van der Waals surface area contributed by atoms with Crippen LogP contribution in [0.5, 0.6) is 0 Å². The summed E-state index contributed by atoms with van der Waals surface area (Å²) in [5, 5.41) is 2.87. The lowest BCUT2D eigenvalue weighted by Gasteiger charge is -2.21. The van der Waals surface area contributed by atoms with E-state index in [4.69, 9.17) is 0 Å². The van der Waals surface area contributed by atoms with E-state index < -0.39 is 0 Å². The summed E-state index contributed by atoms with van der Waals surface area (Å²) in [5.74, 6) is -0.418. The number of benzene rings is 2. The summed E-state index contributed by atoms with van der Waals surface area (Å²) in [7, 11) is 0. The second kappa shape index (κ2) is 9.64. The first-order valence-corrected chi connectivity index (χ1v) is 9.70. The fourth-order valence-corrected chi connectivity index (χ4v) is 3.10. The molecule has 0 radical (unpaired) electrons. The quantitative estimate of drug-likeness (QED) is 0.667. The predicted molar refractivity (Wildman–Crippen MR) is 113 cm³/mol. The minimum atomic E-state index is -0.299. The third-order valence-electron chi connectivity index (χ3n) is 4.66. The van der Waals surface area contributed by atoms with Gasteiger partial charge in [0.1, 0.15) is 5.69 Å². The smallest absolute Gasteiger partial charge is 0.270 e. The maximum absolute atomic E-state index is 12.9. The Hall–Kier alpha value is -3.47. The van der Waals surface area contributed by atoms with Gasteiger partial charge in [-0.2, -0.15) is 0 Å². The number of carbonyl (C=O) groups is 2. The van der Waals surface area contributed by atoms with Crippen molar-refractivity contribution in [3.63, 3.8) is 0 Å². The van der Waals surface area contributed by atoms with Gasteiger partial charge < -0.3 is 10.2 Å². The average molecular weight is 387 g/mol. The zero-order chi connectivity index (χ0) is 20.6. The molecule has 0 aliphatic heterocycles. The summed E-state index contributed by atoms with van der Waals surface area (Å²) in [6.45, 7) is 5.46. The first-order chi connectivity index (χ1) is 14.1. The number of hydrogen-bond acceptors (Lipinski definition) is 3. The van der Waals surface area contributed by atoms with Gasteiger partial charge >= 0.3 is 0 Å². The van der Waals surface area contributed by atoms with Gasteiger partial charge in [0.25, 0.3) is 11.8 Å². The zero-order valence-electron chi connectivity index (χ0n) is 16.8. The lowest BCUT2D eigenvalue weighted by atomic mass is 10.1. The molecular formula is C24H25N3O2. The topological polar surface area (TPSA) is 62.3 Å². The van der Waals surface area contributed by atoms with Crippen molar-refractivity contribution in [3.8, 4) is 0 Å². The van der Waals surface area contributed by atoms with Crippen LogP contribution in [0.1, 0.15) is 44.5 Å². The van der Waals surface area contributed by atoms with Gasteiger partial charge in [-0.3, -0.25) is 14.6 Å². The van der Waals surface area contributed by atoms with Gasteiger partial charge in [0, 0.05) is 31.4 Å². The second-order valence-electron chi connectivity index (χ2n) is 6.91. The lowest BCUT2D eigenvalue weighted by Crippen LogP contribution is -2.31. The van der Waals surface area contributed by atoms with Crippen LogP contribution in [0.15, 0.2) is 72.9 Å². The molecule has 2 amide bonds. The molecule has 1 heterocycles. The Balaban J connectivity index is 1.68. The molecule has 0 saturated heterocycles. The maximum Gasteiger partial charge on any atom is 0.270 e. The van der Waals surface area contributed by atoms with E-state index in [0.717, 1.165) is 16.7 Å². The molecule has 0 aliphatic carbocycles. The highest BCUT2D eigenvalue weighted by atomic mass is 16.2. The van der Waals surface area contributed by atoms with Crippen LogP contribution in [-0.2, 0) is 13.1 Å². The van der Waals surface area contributed by atoms with Crippen LogP contribution < -0.4 is 5.32 Å². The average Bonchev–Trinajstić information content (AvgIpc) is 2.76. The molecule has 0 aliphatic rings. The van der Waals surface area contributed by atoms with Crippen molar-refractivity contribution in [1.82, 2.24) is 15.2 Å². The van der Waals surface area contributed by atoms with Gasteiger partial charge in [-0.1, -0.05) is 60.2 Å². The molecule has 29 heavy (non-hydrogen) atoms. The van der Waals surface area contributed by atoms with Crippen molar-refractivity contribution in [2.45, 2.75) is 26.9 Å². The minimum absolute atomic E-state index is 0.119. The number of nitrogens with one attached hydrogen (secondary N) is 1. The van der Waals surface area contributed by atoms with Crippen LogP contribution in [0.25, 0.3) is 0 Å². The van der Waals surface area contributed by atoms with Crippen molar-refractivity contribution < 1.29 is 9.59 Å². The van der Waals surface area contributed by atoms with Crippen molar-refractivity contribution in [2.75, 3.05) is 6.54 Å². The number of carbonyl (C=O) groups excluding carboxylic acids is 2. The zero-order valence-corrected chi connectivity index (χ0v) is 16.8. The van der Waals surface area contributed by atoms with Crippen molar-refractivity contribution >= 4 is 11.8 Å². The number of nitrogens with zero attached hydrogens (tertiary/aromatic N) is 2. The number of rotatable bonds is 7. The van der Waals surface area contributed by atoms with Gasteiger partial charge in [-0.25, -0.2) is 0 Å². The number of amides is 2. The van der Waals surface area contributed by atoms with Gasteiger partial charge in [0.15, 0.2) is 0 Å². The van der Waals surface area contributed by atoms with E-state index in [1.54, 1.807) is 17.0 Å². The highest BCUT2D eigenvalue weighted by Crippen LogP contribution is 2.11. The molecular weight excluding hydrogens is 362 g/mol. The van der Waals surface area contributed by atoms with E-state index in [0.29, 0.717) is 25.2 Å². The standard InChI is InChI=1S/C24H25N3O2/c1-3-27(17-19-9-5-4-6-10-19)24(29)21-12-13-25-22(15-21)23(28)26-16-20-11-7-8-18(2)14-20/h4-15H,3,16-17H2,1-2H3,(H,26,28). The summed E-state index contributed by atoms with van der Waals surface area (Å²) in [6.07, 6.45) is 1.51. The Morgan fingerprint density at radius 2 is 1.72 bits per heavy atom. The van der Waals surface area contributed by atoms with Crippen LogP contribution >= 0.6 is 0 Å². The van der Waals surface area contributed by atoms with Gasteiger partial charge in [-0.15, -0.1) is 0 Å². The van der Waals surface area contributed by atoms with Crippen molar-refractivity contribution in [1.29, 1.82) is 0 Å². The van der Waals surface area contributed by atoms with E-state index in [-0.39, 0.29) is 17.5 Å². The van der Waals surface area contributed by atoms with Crippen LogP contribution in [0, 0.1) is 6.92 Å². The molecule has 0 saturated carbocycles. The SMILES string of the molecule is CCN(Cc1ccccc1)C(=O)c1ccnc(C(=O)NCc2cccc(C)c2)c1. The minimum Gasteiger partial charge on any atom is -0.347 e. The summed E-state index contributed by atoms with van der Waals surface area (Å²) in [5.41, 5.74) is 3.91. The fourth-order valence-electron chi connectivity index (χ4n) is 3.10. The number of aromatic nitrogens is 1. The van der Waals surface area contributed by atoms with Crippen molar-refractivity contribution in [2.24, 2.45) is 0 Å². The summed E-state index contributed by atoms with van der Waals surface area (Å²) >= 11 is 0. The van der Waals surface area contributed by atoms with Crippen LogP contribution in [0.3, 0.4) is 0 Å². The Morgan fingerprint density at radius 1 is 0.966 bits per heavy atom. The van der Waals surface area contributed by atoms with E-state index in [1.807, 2.05) is 68.4 Å². The third-order valence-corrected chi connectivity index (χ3v) is 4.66. The Labute approximate surface area is 171 Å². The molecule has 0 unspecified atom stereocenters. The molecule has 1 N–H and O–H groups in total. The number of hydrogen-bond donors (Lipinski definition) is 1. The van der Waals surface area contributed by atoms with Gasteiger partial charge in [0.05, 0.1) is 0 Å². The van der Waals surface area contributed by atoms with E-state index in [1.165, 1.54) is 6.20 Å². The molecule has 0 spiro atoms. The van der Waals surface area contributed by atoms with Crippen LogP contribution in [0.4, 0.5) is 0 Å². The Bertz CT molecular complexity index is 986. The second-order valence-corrected chi connectivity index (χ2v) is 6.91. The van der Waals surface area contributed by atoms with Gasteiger partial charge in [0.2, 0.25) is 0 Å². The van der Waals surface area contributed by atoms with E-state index >= 15 is 0 Å². The molecule has 3 aromatic rings. The number of pyridine rings is 1. The van der Waals surface area contributed by atoms with Gasteiger partial charge in [-0.05, 0) is 37.1 Å². The molecule has 148 valence electrons. The van der Waals surface area contributed by atoms with Crippen molar-refractivity contribution in [3.05, 3.63) is 101 Å². The molecule has 0 fully saturated rings.